The zero-order valence-corrected chi connectivity index (χ0v) is 22.6. The number of amides is 1. The van der Waals surface area contributed by atoms with Crippen molar-refractivity contribution in [2.75, 3.05) is 25.1 Å². The second-order valence-corrected chi connectivity index (χ2v) is 10.3. The molecule has 0 unspecified atom stereocenters. The van der Waals surface area contributed by atoms with Crippen molar-refractivity contribution in [1.82, 2.24) is 40.0 Å². The standard InChI is InChI=1S/C28H29N9O5/c1-2-29-27(40)23-21(38)22(39)28(42-23)37-13-30-20-25(32-15-9-10-41-12-15)34-24(35-26(20)37)19-16(11-31-36-19)18-8-7-14-5-3-4-6-17(14)33-18/h3-8,11,13,15,21-23,28,38-39H,2,9-10,12H2,1H3,(H,29,40)(H,31,36)(H,32,34,35)/t15-,21-,22+,23+,28-/m1/s1. The molecule has 4 aromatic heterocycles. The van der Waals surface area contributed by atoms with Gasteiger partial charge in [-0.1, -0.05) is 24.3 Å². The van der Waals surface area contributed by atoms with E-state index in [9.17, 15) is 15.0 Å². The third kappa shape index (κ3) is 4.54. The van der Waals surface area contributed by atoms with Gasteiger partial charge in [0.1, 0.15) is 17.9 Å². The maximum Gasteiger partial charge on any atom is 0.252 e. The van der Waals surface area contributed by atoms with Gasteiger partial charge in [-0.3, -0.25) is 14.5 Å². The SMILES string of the molecule is CCNC(=O)[C@H]1O[C@@H](n2cnc3c(N[C@@H]4CCOC4)nc(-c4[nH]ncc4-c4ccc5ccccc5n4)nc32)[C@@H](O)[C@H]1O. The number of rotatable bonds is 7. The number of H-pyrrole nitrogens is 1. The fourth-order valence-electron chi connectivity index (χ4n) is 5.40. The smallest absolute Gasteiger partial charge is 0.252 e. The first kappa shape index (κ1) is 26.4. The summed E-state index contributed by atoms with van der Waals surface area (Å²) in [7, 11) is 0. The number of hydrogen-bond acceptors (Lipinski definition) is 11. The third-order valence-electron chi connectivity index (χ3n) is 7.55. The van der Waals surface area contributed by atoms with E-state index in [0.717, 1.165) is 17.3 Å². The molecule has 2 fully saturated rings. The number of anilines is 1. The van der Waals surface area contributed by atoms with Gasteiger partial charge >= 0.3 is 0 Å². The van der Waals surface area contributed by atoms with Crippen molar-refractivity contribution in [2.24, 2.45) is 0 Å². The molecule has 14 heteroatoms. The van der Waals surface area contributed by atoms with Gasteiger partial charge in [-0.2, -0.15) is 5.10 Å². The van der Waals surface area contributed by atoms with Crippen LogP contribution in [-0.4, -0.2) is 94.9 Å². The molecule has 0 aliphatic carbocycles. The second-order valence-electron chi connectivity index (χ2n) is 10.3. The number of carbonyl (C=O) groups is 1. The van der Waals surface area contributed by atoms with Crippen LogP contribution in [0.5, 0.6) is 0 Å². The largest absolute Gasteiger partial charge is 0.387 e. The number of para-hydroxylation sites is 1. The zero-order chi connectivity index (χ0) is 28.8. The molecule has 5 aromatic rings. The van der Waals surface area contributed by atoms with E-state index in [1.807, 2.05) is 36.4 Å². The average molecular weight is 572 g/mol. The molecule has 2 saturated heterocycles. The summed E-state index contributed by atoms with van der Waals surface area (Å²) in [5.41, 5.74) is 3.53. The van der Waals surface area contributed by atoms with Gasteiger partial charge in [0.15, 0.2) is 35.1 Å². The Morgan fingerprint density at radius 2 is 2.02 bits per heavy atom. The van der Waals surface area contributed by atoms with Gasteiger partial charge in [-0.15, -0.1) is 0 Å². The van der Waals surface area contributed by atoms with Crippen molar-refractivity contribution >= 4 is 33.8 Å². The Hall–Kier alpha value is -4.50. The first-order valence-electron chi connectivity index (χ1n) is 13.8. The summed E-state index contributed by atoms with van der Waals surface area (Å²) < 4.78 is 12.9. The number of benzene rings is 1. The molecule has 216 valence electrons. The van der Waals surface area contributed by atoms with Crippen molar-refractivity contribution in [3.63, 3.8) is 0 Å². The van der Waals surface area contributed by atoms with Crippen LogP contribution in [0.1, 0.15) is 19.6 Å². The lowest BCUT2D eigenvalue weighted by atomic mass is 10.1. The number of pyridine rings is 1. The number of aromatic amines is 1. The van der Waals surface area contributed by atoms with Crippen LogP contribution in [0.4, 0.5) is 5.82 Å². The Morgan fingerprint density at radius 3 is 2.86 bits per heavy atom. The molecule has 7 rings (SSSR count). The molecule has 5 N–H and O–H groups in total. The minimum Gasteiger partial charge on any atom is -0.387 e. The molecule has 0 radical (unpaired) electrons. The molecule has 14 nitrogen and oxygen atoms in total. The van der Waals surface area contributed by atoms with E-state index in [4.69, 9.17) is 24.4 Å². The summed E-state index contributed by atoms with van der Waals surface area (Å²) in [6, 6.07) is 11.8. The van der Waals surface area contributed by atoms with Crippen molar-refractivity contribution in [2.45, 2.75) is 43.9 Å². The molecule has 1 amide bonds. The third-order valence-corrected chi connectivity index (χ3v) is 7.55. The van der Waals surface area contributed by atoms with Crippen LogP contribution in [0.3, 0.4) is 0 Å². The van der Waals surface area contributed by atoms with Gasteiger partial charge in [0, 0.05) is 24.1 Å². The summed E-state index contributed by atoms with van der Waals surface area (Å²) in [6.07, 6.45) is -1.29. The molecule has 2 aliphatic rings. The molecular weight excluding hydrogens is 542 g/mol. The number of aliphatic hydroxyl groups excluding tert-OH is 2. The van der Waals surface area contributed by atoms with Crippen LogP contribution in [-0.2, 0) is 14.3 Å². The maximum atomic E-state index is 12.5. The number of aromatic nitrogens is 7. The molecule has 0 spiro atoms. The van der Waals surface area contributed by atoms with E-state index in [0.29, 0.717) is 59.5 Å². The molecule has 0 bridgehead atoms. The minimum atomic E-state index is -1.44. The van der Waals surface area contributed by atoms with Crippen LogP contribution in [0.2, 0.25) is 0 Å². The number of ether oxygens (including phenoxy) is 2. The van der Waals surface area contributed by atoms with Crippen LogP contribution in [0.25, 0.3) is 44.8 Å². The Kier molecular flexibility index (Phi) is 6.74. The highest BCUT2D eigenvalue weighted by atomic mass is 16.6. The highest BCUT2D eigenvalue weighted by molar-refractivity contribution is 5.88. The maximum absolute atomic E-state index is 12.5. The fourth-order valence-corrected chi connectivity index (χ4v) is 5.40. The van der Waals surface area contributed by atoms with Crippen LogP contribution < -0.4 is 10.6 Å². The highest BCUT2D eigenvalue weighted by Crippen LogP contribution is 2.35. The first-order chi connectivity index (χ1) is 20.5. The Balaban J connectivity index is 1.33. The highest BCUT2D eigenvalue weighted by Gasteiger charge is 2.47. The molecule has 2 aliphatic heterocycles. The van der Waals surface area contributed by atoms with Crippen molar-refractivity contribution in [3.8, 4) is 22.8 Å². The Bertz CT molecular complexity index is 1770. The van der Waals surface area contributed by atoms with Gasteiger partial charge < -0.3 is 30.3 Å². The lowest BCUT2D eigenvalue weighted by Crippen LogP contribution is -2.42. The van der Waals surface area contributed by atoms with Gasteiger partial charge in [0.05, 0.1) is 36.4 Å². The van der Waals surface area contributed by atoms with Gasteiger partial charge in [0.2, 0.25) is 0 Å². The first-order valence-corrected chi connectivity index (χ1v) is 13.8. The molecular formula is C28H29N9O5. The van der Waals surface area contributed by atoms with Crippen molar-refractivity contribution < 1.29 is 24.5 Å². The normalized spacial score (nSPS) is 24.0. The number of hydrogen-bond donors (Lipinski definition) is 5. The van der Waals surface area contributed by atoms with Gasteiger partial charge in [-0.25, -0.2) is 19.9 Å². The molecule has 6 heterocycles. The van der Waals surface area contributed by atoms with E-state index in [-0.39, 0.29) is 6.04 Å². The number of fused-ring (bicyclic) bond motifs is 2. The predicted molar refractivity (Wildman–Crippen MR) is 151 cm³/mol. The summed E-state index contributed by atoms with van der Waals surface area (Å²) >= 11 is 0. The van der Waals surface area contributed by atoms with E-state index < -0.39 is 30.4 Å². The Labute approximate surface area is 239 Å². The number of imidazole rings is 1. The molecule has 1 aromatic carbocycles. The predicted octanol–water partition coefficient (Wildman–Crippen LogP) is 1.39. The summed E-state index contributed by atoms with van der Waals surface area (Å²) in [5.74, 6) is 0.255. The monoisotopic (exact) mass is 571 g/mol. The van der Waals surface area contributed by atoms with Gasteiger partial charge in [-0.05, 0) is 25.5 Å². The number of nitrogens with zero attached hydrogens (tertiary/aromatic N) is 6. The second kappa shape index (κ2) is 10.7. The summed E-state index contributed by atoms with van der Waals surface area (Å²) in [5, 5.41) is 35.9. The van der Waals surface area contributed by atoms with Crippen molar-refractivity contribution in [1.29, 1.82) is 0 Å². The molecule has 42 heavy (non-hydrogen) atoms. The minimum absolute atomic E-state index is 0.0155. The lowest BCUT2D eigenvalue weighted by molar-refractivity contribution is -0.137. The molecule has 5 atom stereocenters. The van der Waals surface area contributed by atoms with E-state index >= 15 is 0 Å². The van der Waals surface area contributed by atoms with Crippen molar-refractivity contribution in [3.05, 3.63) is 48.9 Å². The number of likely N-dealkylation sites (N-methyl/N-ethyl adjacent to an activating group) is 1. The number of nitrogens with one attached hydrogen (secondary N) is 3. The fraction of sp³-hybridized carbons (Fsp3) is 0.357. The van der Waals surface area contributed by atoms with Crippen LogP contribution in [0, 0.1) is 0 Å². The van der Waals surface area contributed by atoms with E-state index in [1.165, 1.54) is 10.9 Å². The number of aliphatic hydroxyl groups is 2. The Morgan fingerprint density at radius 1 is 1.14 bits per heavy atom. The average Bonchev–Trinajstić information content (AvgIpc) is 3.81. The van der Waals surface area contributed by atoms with Crippen LogP contribution >= 0.6 is 0 Å². The molecule has 0 saturated carbocycles. The van der Waals surface area contributed by atoms with Gasteiger partial charge in [0.25, 0.3) is 5.91 Å². The van der Waals surface area contributed by atoms with E-state index in [2.05, 4.69) is 25.8 Å². The quantitative estimate of drug-likeness (QED) is 0.190. The number of carbonyl (C=O) groups excluding carboxylic acids is 1. The lowest BCUT2D eigenvalue weighted by Gasteiger charge is -2.17. The zero-order valence-electron chi connectivity index (χ0n) is 22.6. The van der Waals surface area contributed by atoms with E-state index in [1.54, 1.807) is 13.1 Å². The summed E-state index contributed by atoms with van der Waals surface area (Å²) in [6.45, 7) is 3.26. The summed E-state index contributed by atoms with van der Waals surface area (Å²) in [4.78, 5) is 31.5. The van der Waals surface area contributed by atoms with Crippen LogP contribution in [0.15, 0.2) is 48.9 Å². The topological polar surface area (TPSA) is 185 Å².